The molecule has 1 aromatic carbocycles. The van der Waals surface area contributed by atoms with Gasteiger partial charge in [0.05, 0.1) is 5.69 Å². The van der Waals surface area contributed by atoms with Gasteiger partial charge in [0, 0.05) is 25.2 Å². The van der Waals surface area contributed by atoms with Gasteiger partial charge in [-0.3, -0.25) is 9.59 Å². The van der Waals surface area contributed by atoms with Gasteiger partial charge in [-0.2, -0.15) is 0 Å². The number of carbonyl (C=O) groups is 2. The van der Waals surface area contributed by atoms with Crippen molar-refractivity contribution in [3.63, 3.8) is 0 Å². The Kier molecular flexibility index (Phi) is 4.54. The molecule has 4 N–H and O–H groups in total. The molecular formula is C14H19N5O2. The lowest BCUT2D eigenvalue weighted by Crippen LogP contribution is -2.54. The van der Waals surface area contributed by atoms with E-state index in [9.17, 15) is 9.59 Å². The number of likely N-dealkylation sites (N-methyl/N-ethyl adjacent to an activating group) is 1. The van der Waals surface area contributed by atoms with E-state index in [4.69, 9.17) is 11.5 Å². The Balaban J connectivity index is 2.26. The SMILES string of the molecule is CN1CCN(C=O)C(C(=O)c2cccc(N=C(N)N)c2)C1. The van der Waals surface area contributed by atoms with E-state index in [1.54, 1.807) is 24.3 Å². The third kappa shape index (κ3) is 3.57. The van der Waals surface area contributed by atoms with E-state index in [1.165, 1.54) is 4.90 Å². The summed E-state index contributed by atoms with van der Waals surface area (Å²) in [7, 11) is 1.93. The minimum absolute atomic E-state index is 0.0634. The normalized spacial score (nSPS) is 19.1. The van der Waals surface area contributed by atoms with Crippen molar-refractivity contribution < 1.29 is 9.59 Å². The number of hydrogen-bond donors (Lipinski definition) is 2. The van der Waals surface area contributed by atoms with Crippen LogP contribution in [0.25, 0.3) is 0 Å². The van der Waals surface area contributed by atoms with Gasteiger partial charge in [-0.25, -0.2) is 4.99 Å². The van der Waals surface area contributed by atoms with E-state index < -0.39 is 6.04 Å². The molecule has 7 nitrogen and oxygen atoms in total. The summed E-state index contributed by atoms with van der Waals surface area (Å²) in [5, 5.41) is 0. The molecule has 1 aliphatic rings. The van der Waals surface area contributed by atoms with Gasteiger partial charge in [0.2, 0.25) is 6.41 Å². The number of carbonyl (C=O) groups excluding carboxylic acids is 2. The Morgan fingerprint density at radius 1 is 1.38 bits per heavy atom. The predicted octanol–water partition coefficient (Wildman–Crippen LogP) is -0.453. The number of Topliss-reactive ketones (excluding diaryl/α,β-unsaturated/α-hetero) is 1. The molecule has 1 heterocycles. The molecule has 1 amide bonds. The van der Waals surface area contributed by atoms with Crippen molar-refractivity contribution >= 4 is 23.8 Å². The molecule has 0 aromatic heterocycles. The lowest BCUT2D eigenvalue weighted by atomic mass is 10.0. The summed E-state index contributed by atoms with van der Waals surface area (Å²) >= 11 is 0. The first-order valence-electron chi connectivity index (χ1n) is 6.64. The van der Waals surface area contributed by atoms with Crippen molar-refractivity contribution in [3.8, 4) is 0 Å². The van der Waals surface area contributed by atoms with Crippen LogP contribution in [-0.4, -0.2) is 60.7 Å². The second-order valence-electron chi connectivity index (χ2n) is 5.07. The fourth-order valence-electron chi connectivity index (χ4n) is 2.36. The Bertz CT molecular complexity index is 568. The van der Waals surface area contributed by atoms with Crippen LogP contribution in [0.2, 0.25) is 0 Å². The molecule has 7 heteroatoms. The minimum atomic E-state index is -0.476. The summed E-state index contributed by atoms with van der Waals surface area (Å²) in [6.45, 7) is 1.82. The molecule has 0 bridgehead atoms. The monoisotopic (exact) mass is 289 g/mol. The van der Waals surface area contributed by atoms with Crippen molar-refractivity contribution in [1.82, 2.24) is 9.80 Å². The largest absolute Gasteiger partial charge is 0.370 e. The maximum absolute atomic E-state index is 12.6. The molecule has 1 atom stereocenters. The molecule has 1 saturated heterocycles. The topological polar surface area (TPSA) is 105 Å². The first-order chi connectivity index (χ1) is 10.0. The Morgan fingerprint density at radius 2 is 2.14 bits per heavy atom. The standard InChI is InChI=1S/C14H19N5O2/c1-18-5-6-19(9-20)12(8-18)13(21)10-3-2-4-11(7-10)17-14(15)16/h2-4,7,9,12H,5-6,8H2,1H3,(H4,15,16,17). The van der Waals surface area contributed by atoms with Crippen LogP contribution in [0, 0.1) is 0 Å². The van der Waals surface area contributed by atoms with Crippen LogP contribution in [0.15, 0.2) is 29.3 Å². The average molecular weight is 289 g/mol. The number of aliphatic imine (C=N–C) groups is 1. The summed E-state index contributed by atoms with van der Waals surface area (Å²) < 4.78 is 0. The van der Waals surface area contributed by atoms with Crippen LogP contribution in [-0.2, 0) is 4.79 Å². The number of guanidine groups is 1. The predicted molar refractivity (Wildman–Crippen MR) is 80.3 cm³/mol. The second kappa shape index (κ2) is 6.36. The number of benzene rings is 1. The van der Waals surface area contributed by atoms with Crippen LogP contribution >= 0.6 is 0 Å². The third-order valence-corrected chi connectivity index (χ3v) is 3.45. The van der Waals surface area contributed by atoms with Crippen LogP contribution in [0.4, 0.5) is 5.69 Å². The van der Waals surface area contributed by atoms with Crippen molar-refractivity contribution in [3.05, 3.63) is 29.8 Å². The van der Waals surface area contributed by atoms with Gasteiger partial charge in [-0.1, -0.05) is 12.1 Å². The first-order valence-corrected chi connectivity index (χ1v) is 6.64. The highest BCUT2D eigenvalue weighted by molar-refractivity contribution is 6.02. The van der Waals surface area contributed by atoms with Gasteiger partial charge in [-0.05, 0) is 19.2 Å². The molecule has 0 saturated carbocycles. The van der Waals surface area contributed by atoms with E-state index in [2.05, 4.69) is 4.99 Å². The molecular weight excluding hydrogens is 270 g/mol. The van der Waals surface area contributed by atoms with Crippen LogP contribution in [0.3, 0.4) is 0 Å². The molecule has 112 valence electrons. The number of piperazine rings is 1. The molecule has 2 rings (SSSR count). The Hall–Kier alpha value is -2.41. The molecule has 1 unspecified atom stereocenters. The number of nitrogens with two attached hydrogens (primary N) is 2. The van der Waals surface area contributed by atoms with E-state index in [1.807, 2.05) is 11.9 Å². The molecule has 1 aromatic rings. The van der Waals surface area contributed by atoms with E-state index >= 15 is 0 Å². The van der Waals surface area contributed by atoms with Gasteiger partial charge in [0.1, 0.15) is 6.04 Å². The summed E-state index contributed by atoms with van der Waals surface area (Å²) in [5.41, 5.74) is 11.7. The first kappa shape index (κ1) is 15.0. The smallest absolute Gasteiger partial charge is 0.210 e. The van der Waals surface area contributed by atoms with Crippen molar-refractivity contribution in [1.29, 1.82) is 0 Å². The molecule has 0 spiro atoms. The van der Waals surface area contributed by atoms with Gasteiger partial charge in [0.15, 0.2) is 11.7 Å². The summed E-state index contributed by atoms with van der Waals surface area (Å²) in [6, 6.07) is 6.27. The third-order valence-electron chi connectivity index (χ3n) is 3.45. The number of nitrogens with zero attached hydrogens (tertiary/aromatic N) is 3. The summed E-state index contributed by atoms with van der Waals surface area (Å²) in [5.74, 6) is -0.173. The van der Waals surface area contributed by atoms with Gasteiger partial charge in [-0.15, -0.1) is 0 Å². The molecule has 0 radical (unpaired) electrons. The van der Waals surface area contributed by atoms with Crippen LogP contribution in [0.1, 0.15) is 10.4 Å². The lowest BCUT2D eigenvalue weighted by Gasteiger charge is -2.36. The molecule has 1 aliphatic heterocycles. The highest BCUT2D eigenvalue weighted by Crippen LogP contribution is 2.18. The molecule has 0 aliphatic carbocycles. The number of ketones is 1. The van der Waals surface area contributed by atoms with Crippen molar-refractivity contribution in [2.24, 2.45) is 16.5 Å². The quantitative estimate of drug-likeness (QED) is 0.338. The average Bonchev–Trinajstić information content (AvgIpc) is 2.46. The Morgan fingerprint density at radius 3 is 2.81 bits per heavy atom. The number of amides is 1. The highest BCUT2D eigenvalue weighted by Gasteiger charge is 2.30. The zero-order chi connectivity index (χ0) is 15.4. The van der Waals surface area contributed by atoms with E-state index in [0.29, 0.717) is 24.3 Å². The number of hydrogen-bond acceptors (Lipinski definition) is 4. The van der Waals surface area contributed by atoms with Crippen LogP contribution in [0.5, 0.6) is 0 Å². The maximum Gasteiger partial charge on any atom is 0.210 e. The summed E-state index contributed by atoms with van der Waals surface area (Å²) in [4.78, 5) is 31.2. The van der Waals surface area contributed by atoms with Crippen molar-refractivity contribution in [2.45, 2.75) is 6.04 Å². The highest BCUT2D eigenvalue weighted by atomic mass is 16.1. The zero-order valence-electron chi connectivity index (χ0n) is 11.9. The fraction of sp³-hybridized carbons (Fsp3) is 0.357. The maximum atomic E-state index is 12.6. The van der Waals surface area contributed by atoms with Gasteiger partial charge in [0.25, 0.3) is 0 Å². The van der Waals surface area contributed by atoms with Gasteiger partial charge >= 0.3 is 0 Å². The molecule has 1 fully saturated rings. The lowest BCUT2D eigenvalue weighted by molar-refractivity contribution is -0.121. The summed E-state index contributed by atoms with van der Waals surface area (Å²) in [6.07, 6.45) is 0.732. The zero-order valence-corrected chi connectivity index (χ0v) is 11.9. The van der Waals surface area contributed by atoms with Crippen LogP contribution < -0.4 is 11.5 Å². The Labute approximate surface area is 123 Å². The minimum Gasteiger partial charge on any atom is -0.370 e. The molecule has 21 heavy (non-hydrogen) atoms. The second-order valence-corrected chi connectivity index (χ2v) is 5.07. The van der Waals surface area contributed by atoms with Crippen molar-refractivity contribution in [2.75, 3.05) is 26.7 Å². The van der Waals surface area contributed by atoms with Gasteiger partial charge < -0.3 is 21.3 Å². The van der Waals surface area contributed by atoms with E-state index in [0.717, 1.165) is 13.0 Å². The number of rotatable bonds is 4. The fourth-order valence-corrected chi connectivity index (χ4v) is 2.36. The van der Waals surface area contributed by atoms with E-state index in [-0.39, 0.29) is 11.7 Å².